The third-order valence-electron chi connectivity index (χ3n) is 4.84. The minimum atomic E-state index is 0. The Morgan fingerprint density at radius 3 is 1.65 bits per heavy atom. The molecule has 2 rings (SSSR count). The Labute approximate surface area is 166 Å². The third kappa shape index (κ3) is 13.1. The number of likely N-dealkylation sites (tertiary alicyclic amines) is 1. The summed E-state index contributed by atoms with van der Waals surface area (Å²) in [7, 11) is 2.19. The van der Waals surface area contributed by atoms with Crippen LogP contribution in [0.4, 0.5) is 0 Å². The molecule has 4 nitrogen and oxygen atoms in total. The van der Waals surface area contributed by atoms with Gasteiger partial charge in [-0.15, -0.1) is 0 Å². The second-order valence-corrected chi connectivity index (χ2v) is 9.32. The summed E-state index contributed by atoms with van der Waals surface area (Å²) in [4.78, 5) is 7.45. The lowest BCUT2D eigenvalue weighted by molar-refractivity contribution is -0.0147. The minimum Gasteiger partial charge on any atom is -0.375 e. The van der Waals surface area contributed by atoms with Crippen molar-refractivity contribution in [2.75, 3.05) is 59.5 Å². The number of ether oxygens (including phenoxy) is 1. The summed E-state index contributed by atoms with van der Waals surface area (Å²) in [6.07, 6.45) is 4.15. The minimum absolute atomic E-state index is 0. The molecule has 2 heterocycles. The van der Waals surface area contributed by atoms with Gasteiger partial charge in [-0.25, -0.2) is 0 Å². The van der Waals surface area contributed by atoms with Gasteiger partial charge in [0.15, 0.2) is 0 Å². The quantitative estimate of drug-likeness (QED) is 0.720. The maximum atomic E-state index is 5.69. The van der Waals surface area contributed by atoms with E-state index in [1.165, 1.54) is 58.5 Å². The number of likely N-dealkylation sites (N-methyl/N-ethyl adjacent to an activating group) is 1. The van der Waals surface area contributed by atoms with Gasteiger partial charge in [-0.2, -0.15) is 0 Å². The second-order valence-electron chi connectivity index (χ2n) is 9.32. The smallest absolute Gasteiger partial charge is 0.0600 e. The Hall–Kier alpha value is -0.160. The van der Waals surface area contributed by atoms with Crippen LogP contribution >= 0.6 is 0 Å². The normalized spacial score (nSPS) is 20.4. The number of hydrogen-bond acceptors (Lipinski definition) is 4. The fraction of sp³-hybridized carbons (Fsp3) is 1.00. The summed E-state index contributed by atoms with van der Waals surface area (Å²) in [5, 5.41) is 0. The van der Waals surface area contributed by atoms with Crippen molar-refractivity contribution in [2.24, 2.45) is 0 Å². The summed E-state index contributed by atoms with van der Waals surface area (Å²) in [5.74, 6) is 0. The lowest BCUT2D eigenvalue weighted by Gasteiger charge is -2.41. The van der Waals surface area contributed by atoms with Crippen LogP contribution in [0.15, 0.2) is 0 Å². The fourth-order valence-corrected chi connectivity index (χ4v) is 3.14. The van der Waals surface area contributed by atoms with E-state index in [2.05, 4.69) is 63.3 Å². The van der Waals surface area contributed by atoms with Crippen molar-refractivity contribution in [3.63, 3.8) is 0 Å². The summed E-state index contributed by atoms with van der Waals surface area (Å²) < 4.78 is 5.69. The molecule has 2 aliphatic rings. The Balaban J connectivity index is 0. The average molecular weight is 374 g/mol. The number of piperidine rings is 1. The van der Waals surface area contributed by atoms with Crippen molar-refractivity contribution in [3.8, 4) is 0 Å². The number of rotatable bonds is 3. The zero-order valence-electron chi connectivity index (χ0n) is 17.5. The summed E-state index contributed by atoms with van der Waals surface area (Å²) >= 11 is 0. The molecule has 160 valence electrons. The van der Waals surface area contributed by atoms with E-state index in [1.807, 2.05) is 0 Å². The van der Waals surface area contributed by atoms with Gasteiger partial charge in [0.1, 0.15) is 0 Å². The number of piperazine rings is 1. The highest BCUT2D eigenvalue weighted by atomic mass is 16.5. The molecule has 0 spiro atoms. The molecule has 2 saturated heterocycles. The molecule has 26 heavy (non-hydrogen) atoms. The lowest BCUT2D eigenvalue weighted by atomic mass is 10.1. The van der Waals surface area contributed by atoms with Crippen LogP contribution in [0.5, 0.6) is 0 Å². The summed E-state index contributed by atoms with van der Waals surface area (Å²) in [6, 6.07) is 0. The van der Waals surface area contributed by atoms with E-state index in [0.29, 0.717) is 5.54 Å². The van der Waals surface area contributed by atoms with Crippen LogP contribution in [-0.4, -0.2) is 85.3 Å². The summed E-state index contributed by atoms with van der Waals surface area (Å²) in [5.41, 5.74) is 0.386. The zero-order chi connectivity index (χ0) is 18.2. The third-order valence-corrected chi connectivity index (χ3v) is 4.84. The van der Waals surface area contributed by atoms with Crippen LogP contribution in [0, 0.1) is 0 Å². The van der Waals surface area contributed by atoms with Crippen LogP contribution in [0.25, 0.3) is 0 Å². The SMILES string of the molecule is C.C.CC(C)(C)OCCN1CCCCC1.CN1CCN(C(C)(C)C)CC1. The Bertz CT molecular complexity index is 319. The van der Waals surface area contributed by atoms with Crippen LogP contribution in [0.1, 0.15) is 75.7 Å². The Morgan fingerprint density at radius 2 is 1.23 bits per heavy atom. The van der Waals surface area contributed by atoms with Gasteiger partial charge >= 0.3 is 0 Å². The van der Waals surface area contributed by atoms with Crippen LogP contribution in [0.2, 0.25) is 0 Å². The first-order chi connectivity index (χ1) is 11.1. The van der Waals surface area contributed by atoms with Gasteiger partial charge in [0, 0.05) is 38.3 Å². The standard InChI is InChI=1S/C11H23NO.C9H20N2.2CH4/c1-11(2,3)13-10-9-12-7-5-4-6-8-12;1-9(2,3)11-7-5-10(4)6-8-11;;/h4-10H2,1-3H3;5-8H2,1-4H3;2*1H4. The van der Waals surface area contributed by atoms with Gasteiger partial charge in [-0.1, -0.05) is 21.3 Å². The molecule has 0 atom stereocenters. The molecule has 4 heteroatoms. The Kier molecular flexibility index (Phi) is 14.1. The highest BCUT2D eigenvalue weighted by Crippen LogP contribution is 2.14. The molecule has 0 N–H and O–H groups in total. The first-order valence-corrected chi connectivity index (χ1v) is 9.88. The molecule has 0 amide bonds. The second kappa shape index (κ2) is 13.1. The molecular formula is C22H51N3O. The van der Waals surface area contributed by atoms with Gasteiger partial charge in [-0.3, -0.25) is 4.90 Å². The van der Waals surface area contributed by atoms with Gasteiger partial charge in [-0.05, 0) is 74.5 Å². The first-order valence-electron chi connectivity index (χ1n) is 9.88. The predicted octanol–water partition coefficient (Wildman–Crippen LogP) is 4.59. The molecule has 0 unspecified atom stereocenters. The van der Waals surface area contributed by atoms with Crippen molar-refractivity contribution in [3.05, 3.63) is 0 Å². The molecule has 0 bridgehead atoms. The van der Waals surface area contributed by atoms with Gasteiger partial charge in [0.2, 0.25) is 0 Å². The largest absolute Gasteiger partial charge is 0.375 e. The maximum absolute atomic E-state index is 5.69. The van der Waals surface area contributed by atoms with Crippen molar-refractivity contribution < 1.29 is 4.74 Å². The highest BCUT2D eigenvalue weighted by molar-refractivity contribution is 4.80. The molecular weight excluding hydrogens is 322 g/mol. The van der Waals surface area contributed by atoms with Crippen molar-refractivity contribution in [1.29, 1.82) is 0 Å². The molecule has 0 aromatic rings. The predicted molar refractivity (Wildman–Crippen MR) is 118 cm³/mol. The lowest BCUT2D eigenvalue weighted by Crippen LogP contribution is -2.52. The van der Waals surface area contributed by atoms with E-state index in [0.717, 1.165) is 13.2 Å². The van der Waals surface area contributed by atoms with Gasteiger partial charge < -0.3 is 14.5 Å². The average Bonchev–Trinajstić information content (AvgIpc) is 2.47. The molecule has 0 saturated carbocycles. The number of nitrogens with zero attached hydrogens (tertiary/aromatic N) is 3. The fourth-order valence-electron chi connectivity index (χ4n) is 3.14. The number of hydrogen-bond donors (Lipinski definition) is 0. The van der Waals surface area contributed by atoms with E-state index < -0.39 is 0 Å². The van der Waals surface area contributed by atoms with Crippen LogP contribution in [0.3, 0.4) is 0 Å². The van der Waals surface area contributed by atoms with Crippen molar-refractivity contribution >= 4 is 0 Å². The van der Waals surface area contributed by atoms with E-state index >= 15 is 0 Å². The van der Waals surface area contributed by atoms with E-state index in [4.69, 9.17) is 4.74 Å². The highest BCUT2D eigenvalue weighted by Gasteiger charge is 2.23. The Morgan fingerprint density at radius 1 is 0.731 bits per heavy atom. The van der Waals surface area contributed by atoms with E-state index in [1.54, 1.807) is 0 Å². The zero-order valence-corrected chi connectivity index (χ0v) is 17.5. The summed E-state index contributed by atoms with van der Waals surface area (Å²) in [6.45, 7) is 22.6. The first kappa shape index (κ1) is 28.1. The molecule has 0 aromatic heterocycles. The van der Waals surface area contributed by atoms with Crippen molar-refractivity contribution in [1.82, 2.24) is 14.7 Å². The van der Waals surface area contributed by atoms with Gasteiger partial charge in [0.25, 0.3) is 0 Å². The van der Waals surface area contributed by atoms with Gasteiger partial charge in [0.05, 0.1) is 12.2 Å². The van der Waals surface area contributed by atoms with Crippen LogP contribution in [-0.2, 0) is 4.74 Å². The maximum Gasteiger partial charge on any atom is 0.0600 e. The monoisotopic (exact) mass is 373 g/mol. The molecule has 0 aliphatic carbocycles. The van der Waals surface area contributed by atoms with Crippen molar-refractivity contribution in [2.45, 2.75) is 86.8 Å². The van der Waals surface area contributed by atoms with E-state index in [-0.39, 0.29) is 20.5 Å². The molecule has 0 radical (unpaired) electrons. The molecule has 0 aromatic carbocycles. The molecule has 2 aliphatic heterocycles. The van der Waals surface area contributed by atoms with Crippen LogP contribution < -0.4 is 0 Å². The topological polar surface area (TPSA) is 19.0 Å². The molecule has 2 fully saturated rings. The van der Waals surface area contributed by atoms with E-state index in [9.17, 15) is 0 Å².